The fourth-order valence-corrected chi connectivity index (χ4v) is 3.71. The summed E-state index contributed by atoms with van der Waals surface area (Å²) in [7, 11) is 1.71. The summed E-state index contributed by atoms with van der Waals surface area (Å²) in [6.45, 7) is 0. The summed E-state index contributed by atoms with van der Waals surface area (Å²) in [5.41, 5.74) is -0.148. The largest absolute Gasteiger partial charge is 0.481 e. The van der Waals surface area contributed by atoms with Gasteiger partial charge in [-0.25, -0.2) is 0 Å². The highest BCUT2D eigenvalue weighted by Crippen LogP contribution is 2.56. The van der Waals surface area contributed by atoms with Crippen molar-refractivity contribution >= 4 is 11.9 Å². The molecule has 0 radical (unpaired) electrons. The molecule has 1 aliphatic carbocycles. The van der Waals surface area contributed by atoms with Gasteiger partial charge in [-0.2, -0.15) is 0 Å². The van der Waals surface area contributed by atoms with E-state index in [1.165, 1.54) is 0 Å². The molecule has 0 bridgehead atoms. The van der Waals surface area contributed by atoms with Crippen molar-refractivity contribution in [2.75, 3.05) is 7.05 Å². The molecule has 1 saturated heterocycles. The zero-order valence-electron chi connectivity index (χ0n) is 11.3. The topological polar surface area (TPSA) is 57.6 Å². The lowest BCUT2D eigenvalue weighted by Crippen LogP contribution is -2.42. The first-order valence-electron chi connectivity index (χ1n) is 6.79. The third-order valence-electron chi connectivity index (χ3n) is 4.65. The van der Waals surface area contributed by atoms with E-state index >= 15 is 0 Å². The van der Waals surface area contributed by atoms with Crippen molar-refractivity contribution in [3.63, 3.8) is 0 Å². The van der Waals surface area contributed by atoms with Crippen LogP contribution in [-0.2, 0) is 9.59 Å². The molecule has 0 aromatic heterocycles. The molecule has 3 atom stereocenters. The average molecular weight is 271 g/mol. The van der Waals surface area contributed by atoms with Gasteiger partial charge in [0.05, 0.1) is 12.0 Å². The van der Waals surface area contributed by atoms with Gasteiger partial charge in [0.1, 0.15) is 5.41 Å². The van der Waals surface area contributed by atoms with Crippen LogP contribution in [0.4, 0.5) is 0 Å². The quantitative estimate of drug-likeness (QED) is 0.839. The van der Waals surface area contributed by atoms with E-state index in [1.54, 1.807) is 11.9 Å². The Morgan fingerprint density at radius 1 is 1.30 bits per heavy atom. The van der Waals surface area contributed by atoms with E-state index in [9.17, 15) is 14.7 Å². The first-order chi connectivity index (χ1) is 9.59. The molecular weight excluding hydrogens is 254 g/mol. The molecule has 1 aliphatic heterocycles. The Morgan fingerprint density at radius 3 is 2.65 bits per heavy atom. The van der Waals surface area contributed by atoms with Gasteiger partial charge < -0.3 is 10.0 Å². The number of nitrogens with zero attached hydrogens (tertiary/aromatic N) is 1. The van der Waals surface area contributed by atoms with Gasteiger partial charge in [-0.15, -0.1) is 0 Å². The third kappa shape index (κ3) is 1.54. The second kappa shape index (κ2) is 4.47. The number of carbonyl (C=O) groups excluding carboxylic acids is 1. The van der Waals surface area contributed by atoms with Crippen molar-refractivity contribution < 1.29 is 14.7 Å². The molecule has 0 saturated carbocycles. The SMILES string of the molecule is CN1C(=O)[C@H]2CC=CC[C@@]2(C(=O)O)[C@@H]1c1ccccc1. The first-order valence-corrected chi connectivity index (χ1v) is 6.79. The maximum atomic E-state index is 12.5. The molecule has 20 heavy (non-hydrogen) atoms. The highest BCUT2D eigenvalue weighted by atomic mass is 16.4. The number of hydrogen-bond acceptors (Lipinski definition) is 2. The predicted molar refractivity (Wildman–Crippen MR) is 73.9 cm³/mol. The summed E-state index contributed by atoms with van der Waals surface area (Å²) in [5.74, 6) is -1.40. The van der Waals surface area contributed by atoms with E-state index in [-0.39, 0.29) is 5.91 Å². The van der Waals surface area contributed by atoms with E-state index in [0.717, 1.165) is 5.56 Å². The van der Waals surface area contributed by atoms with E-state index in [1.807, 2.05) is 42.5 Å². The summed E-state index contributed by atoms with van der Waals surface area (Å²) < 4.78 is 0. The Morgan fingerprint density at radius 2 is 2.00 bits per heavy atom. The van der Waals surface area contributed by atoms with Crippen LogP contribution in [0.5, 0.6) is 0 Å². The molecule has 1 aromatic rings. The van der Waals surface area contributed by atoms with Crippen LogP contribution in [0.3, 0.4) is 0 Å². The fraction of sp³-hybridized carbons (Fsp3) is 0.375. The maximum absolute atomic E-state index is 12.5. The molecule has 1 heterocycles. The zero-order chi connectivity index (χ0) is 14.3. The Balaban J connectivity index is 2.18. The van der Waals surface area contributed by atoms with Gasteiger partial charge in [-0.3, -0.25) is 9.59 Å². The van der Waals surface area contributed by atoms with Gasteiger partial charge in [-0.05, 0) is 18.4 Å². The van der Waals surface area contributed by atoms with E-state index in [4.69, 9.17) is 0 Å². The van der Waals surface area contributed by atoms with E-state index in [2.05, 4.69) is 0 Å². The number of carboxylic acids is 1. The lowest BCUT2D eigenvalue weighted by molar-refractivity contribution is -0.154. The van der Waals surface area contributed by atoms with Gasteiger partial charge in [0, 0.05) is 7.05 Å². The number of aliphatic carboxylic acids is 1. The highest BCUT2D eigenvalue weighted by Gasteiger charge is 2.62. The number of benzene rings is 1. The maximum Gasteiger partial charge on any atom is 0.313 e. The lowest BCUT2D eigenvalue weighted by Gasteiger charge is -2.36. The van der Waals surface area contributed by atoms with E-state index in [0.29, 0.717) is 12.8 Å². The van der Waals surface area contributed by atoms with Crippen LogP contribution in [0.15, 0.2) is 42.5 Å². The van der Waals surface area contributed by atoms with E-state index < -0.39 is 23.3 Å². The van der Waals surface area contributed by atoms with Crippen molar-refractivity contribution in [1.29, 1.82) is 0 Å². The molecule has 1 N–H and O–H groups in total. The van der Waals surface area contributed by atoms with Gasteiger partial charge in [-0.1, -0.05) is 42.5 Å². The van der Waals surface area contributed by atoms with Gasteiger partial charge >= 0.3 is 5.97 Å². The molecule has 3 rings (SSSR count). The Hall–Kier alpha value is -2.10. The van der Waals surface area contributed by atoms with Crippen LogP contribution in [0, 0.1) is 11.3 Å². The van der Waals surface area contributed by atoms with Gasteiger partial charge in [0.15, 0.2) is 0 Å². The Labute approximate surface area is 117 Å². The summed E-state index contributed by atoms with van der Waals surface area (Å²) in [4.78, 5) is 26.1. The van der Waals surface area contributed by atoms with Crippen molar-refractivity contribution in [3.8, 4) is 0 Å². The number of likely N-dealkylation sites (tertiary alicyclic amines) is 1. The zero-order valence-corrected chi connectivity index (χ0v) is 11.3. The Bertz CT molecular complexity index is 581. The predicted octanol–water partition coefficient (Wildman–Crippen LogP) is 2.24. The van der Waals surface area contributed by atoms with Crippen LogP contribution in [-0.4, -0.2) is 28.9 Å². The van der Waals surface area contributed by atoms with Crippen LogP contribution in [0.2, 0.25) is 0 Å². The second-order valence-electron chi connectivity index (χ2n) is 5.57. The van der Waals surface area contributed by atoms with Crippen LogP contribution < -0.4 is 0 Å². The molecule has 4 heteroatoms. The number of carbonyl (C=O) groups is 2. The summed E-state index contributed by atoms with van der Waals surface area (Å²) in [6.07, 6.45) is 4.74. The third-order valence-corrected chi connectivity index (χ3v) is 4.65. The summed E-state index contributed by atoms with van der Waals surface area (Å²) in [5, 5.41) is 9.85. The molecule has 1 fully saturated rings. The number of amides is 1. The molecule has 2 aliphatic rings. The second-order valence-corrected chi connectivity index (χ2v) is 5.57. The molecular formula is C16H17NO3. The van der Waals surface area contributed by atoms with Crippen LogP contribution in [0.1, 0.15) is 24.4 Å². The molecule has 4 nitrogen and oxygen atoms in total. The molecule has 0 unspecified atom stereocenters. The number of allylic oxidation sites excluding steroid dienone is 2. The molecule has 0 spiro atoms. The summed E-state index contributed by atoms with van der Waals surface area (Å²) >= 11 is 0. The standard InChI is InChI=1S/C16H17NO3/c1-17-13(11-7-3-2-4-8-11)16(15(19)20)10-6-5-9-12(16)14(17)18/h2-8,12-13H,9-10H2,1H3,(H,19,20)/t12-,13+,16+/m1/s1. The van der Waals surface area contributed by atoms with Gasteiger partial charge in [0.2, 0.25) is 5.91 Å². The molecule has 104 valence electrons. The minimum Gasteiger partial charge on any atom is -0.481 e. The fourth-order valence-electron chi connectivity index (χ4n) is 3.71. The van der Waals surface area contributed by atoms with Crippen LogP contribution in [0.25, 0.3) is 0 Å². The first kappa shape index (κ1) is 12.9. The van der Waals surface area contributed by atoms with Crippen LogP contribution >= 0.6 is 0 Å². The van der Waals surface area contributed by atoms with Crippen molar-refractivity contribution in [3.05, 3.63) is 48.0 Å². The number of rotatable bonds is 2. The molecule has 1 aromatic carbocycles. The number of fused-ring (bicyclic) bond motifs is 1. The highest BCUT2D eigenvalue weighted by molar-refractivity contribution is 5.93. The number of hydrogen-bond donors (Lipinski definition) is 1. The Kier molecular flexibility index (Phi) is 2.89. The minimum atomic E-state index is -1.04. The summed E-state index contributed by atoms with van der Waals surface area (Å²) in [6, 6.07) is 9.07. The smallest absolute Gasteiger partial charge is 0.313 e. The van der Waals surface area contributed by atoms with Crippen molar-refractivity contribution in [2.24, 2.45) is 11.3 Å². The van der Waals surface area contributed by atoms with Crippen molar-refractivity contribution in [2.45, 2.75) is 18.9 Å². The molecule has 1 amide bonds. The minimum absolute atomic E-state index is 0.0643. The van der Waals surface area contributed by atoms with Gasteiger partial charge in [0.25, 0.3) is 0 Å². The normalized spacial score (nSPS) is 32.2. The monoisotopic (exact) mass is 271 g/mol. The number of carboxylic acid groups (broad SMARTS) is 1. The average Bonchev–Trinajstić information content (AvgIpc) is 2.70. The van der Waals surface area contributed by atoms with Crippen molar-refractivity contribution in [1.82, 2.24) is 4.90 Å². The lowest BCUT2D eigenvalue weighted by atomic mass is 9.65.